The van der Waals surface area contributed by atoms with Crippen LogP contribution in [0.15, 0.2) is 61.2 Å². The Hall–Kier alpha value is -3.56. The van der Waals surface area contributed by atoms with Crippen molar-refractivity contribution < 1.29 is 18.3 Å². The molecular weight excluding hydrogens is 488 g/mol. The summed E-state index contributed by atoms with van der Waals surface area (Å²) in [7, 11) is 1.41. The molecular formula is C29H31F2N5O2. The molecule has 4 aromatic rings. The molecule has 198 valence electrons. The maximum atomic E-state index is 14.4. The second-order valence-corrected chi connectivity index (χ2v) is 10.2. The summed E-state index contributed by atoms with van der Waals surface area (Å²) >= 11 is 0. The van der Waals surface area contributed by atoms with Crippen molar-refractivity contribution in [3.63, 3.8) is 0 Å². The summed E-state index contributed by atoms with van der Waals surface area (Å²) in [5, 5.41) is 4.81. The molecule has 7 nitrogen and oxygen atoms in total. The van der Waals surface area contributed by atoms with E-state index in [4.69, 9.17) is 4.74 Å². The molecule has 0 bridgehead atoms. The van der Waals surface area contributed by atoms with Crippen LogP contribution in [0, 0.1) is 11.6 Å². The molecule has 38 heavy (non-hydrogen) atoms. The first-order valence-electron chi connectivity index (χ1n) is 13.1. The molecule has 6 rings (SSSR count). The lowest BCUT2D eigenvalue weighted by Gasteiger charge is -2.50. The minimum atomic E-state index is -0.882. The molecule has 2 aromatic carbocycles. The van der Waals surface area contributed by atoms with Crippen molar-refractivity contribution in [3.8, 4) is 0 Å². The molecule has 0 aliphatic carbocycles. The third-order valence-corrected chi connectivity index (χ3v) is 8.06. The normalized spacial score (nSPS) is 23.2. The largest absolute Gasteiger partial charge is 0.468 e. The number of benzene rings is 2. The topological polar surface area (TPSA) is 75.2 Å². The van der Waals surface area contributed by atoms with Crippen LogP contribution in [-0.4, -0.2) is 51.1 Å². The molecule has 2 aromatic heterocycles. The number of hydrogen-bond acceptors (Lipinski definition) is 5. The summed E-state index contributed by atoms with van der Waals surface area (Å²) in [6, 6.07) is 11.4. The van der Waals surface area contributed by atoms with Gasteiger partial charge in [0.25, 0.3) is 0 Å². The second kappa shape index (κ2) is 10.3. The van der Waals surface area contributed by atoms with E-state index in [1.807, 2.05) is 35.3 Å². The minimum absolute atomic E-state index is 0.117. The molecule has 0 radical (unpaired) electrons. The molecule has 4 heterocycles. The average molecular weight is 520 g/mol. The first-order valence-corrected chi connectivity index (χ1v) is 13.1. The number of ether oxygens (including phenoxy) is 1. The van der Waals surface area contributed by atoms with E-state index < -0.39 is 17.7 Å². The lowest BCUT2D eigenvalue weighted by molar-refractivity contribution is -0.152. The van der Waals surface area contributed by atoms with E-state index in [1.54, 1.807) is 12.3 Å². The summed E-state index contributed by atoms with van der Waals surface area (Å²) < 4.78 is 35.6. The fraction of sp³-hybridized carbons (Fsp3) is 0.379. The van der Waals surface area contributed by atoms with Gasteiger partial charge < -0.3 is 19.6 Å². The molecule has 2 aliphatic rings. The lowest BCUT2D eigenvalue weighted by atomic mass is 9.79. The highest BCUT2D eigenvalue weighted by molar-refractivity contribution is 5.87. The third kappa shape index (κ3) is 4.50. The molecule has 2 aliphatic heterocycles. The Morgan fingerprint density at radius 1 is 1.16 bits per heavy atom. The van der Waals surface area contributed by atoms with Gasteiger partial charge in [0.15, 0.2) is 11.6 Å². The van der Waals surface area contributed by atoms with Gasteiger partial charge in [0.1, 0.15) is 6.04 Å². The van der Waals surface area contributed by atoms with Crippen molar-refractivity contribution in [2.75, 3.05) is 13.7 Å². The Morgan fingerprint density at radius 3 is 2.79 bits per heavy atom. The zero-order valence-electron chi connectivity index (χ0n) is 21.2. The van der Waals surface area contributed by atoms with Crippen molar-refractivity contribution in [2.45, 2.75) is 56.4 Å². The van der Waals surface area contributed by atoms with E-state index >= 15 is 0 Å². The van der Waals surface area contributed by atoms with Crippen molar-refractivity contribution in [1.82, 2.24) is 24.8 Å². The summed E-state index contributed by atoms with van der Waals surface area (Å²) in [5.74, 6) is -2.07. The Kier molecular flexibility index (Phi) is 6.71. The SMILES string of the molecule is COC(=O)[C@@H]1Cc2c([nH]c3ccccc23)[C@H]2CC(NCCCn3ccnc3)C[C@@H](c3ccc(F)c(F)c3)N21. The number of halogens is 2. The van der Waals surface area contributed by atoms with Gasteiger partial charge >= 0.3 is 5.97 Å². The Labute approximate surface area is 219 Å². The molecule has 9 heteroatoms. The van der Waals surface area contributed by atoms with Crippen molar-refractivity contribution in [1.29, 1.82) is 0 Å². The zero-order chi connectivity index (χ0) is 26.2. The van der Waals surface area contributed by atoms with Crippen LogP contribution in [0.1, 0.15) is 48.2 Å². The quantitative estimate of drug-likeness (QED) is 0.274. The van der Waals surface area contributed by atoms with Crippen molar-refractivity contribution >= 4 is 16.9 Å². The number of carbonyl (C=O) groups is 1. The lowest BCUT2D eigenvalue weighted by Crippen LogP contribution is -2.55. The van der Waals surface area contributed by atoms with Crippen LogP contribution in [0.3, 0.4) is 0 Å². The predicted octanol–water partition coefficient (Wildman–Crippen LogP) is 4.67. The van der Waals surface area contributed by atoms with E-state index in [-0.39, 0.29) is 24.1 Å². The van der Waals surface area contributed by atoms with Crippen LogP contribution in [0.5, 0.6) is 0 Å². The standard InChI is InChI=1S/C29H31F2N5O2/c1-38-29(37)27-16-21-20-5-2-3-6-24(20)34-28(21)26-15-19(33-9-4-11-35-12-10-32-17-35)14-25(36(26)27)18-7-8-22(30)23(31)13-18/h2-3,5-8,10,12-13,17,19,25-27,33-34H,4,9,11,14-16H2,1H3/t19?,25-,26+,27-/m0/s1. The van der Waals surface area contributed by atoms with Crippen LogP contribution < -0.4 is 5.32 Å². The monoisotopic (exact) mass is 519 g/mol. The number of aromatic amines is 1. The molecule has 2 N–H and O–H groups in total. The molecule has 1 fully saturated rings. The number of rotatable bonds is 7. The molecule has 4 atom stereocenters. The predicted molar refractivity (Wildman–Crippen MR) is 139 cm³/mol. The van der Waals surface area contributed by atoms with E-state index in [1.165, 1.54) is 19.2 Å². The molecule has 0 saturated carbocycles. The van der Waals surface area contributed by atoms with Gasteiger partial charge in [0.2, 0.25) is 0 Å². The van der Waals surface area contributed by atoms with Crippen molar-refractivity contribution in [2.24, 2.45) is 0 Å². The number of nitrogens with zero attached hydrogens (tertiary/aromatic N) is 3. The van der Waals surface area contributed by atoms with Crippen LogP contribution >= 0.6 is 0 Å². The number of fused-ring (bicyclic) bond motifs is 5. The van der Waals surface area contributed by atoms with Crippen molar-refractivity contribution in [3.05, 3.63) is 89.6 Å². The highest BCUT2D eigenvalue weighted by Crippen LogP contribution is 2.49. The Balaban J connectivity index is 1.36. The number of carbonyl (C=O) groups excluding carboxylic acids is 1. The number of H-pyrrole nitrogens is 1. The number of esters is 1. The molecule has 1 saturated heterocycles. The number of nitrogens with one attached hydrogen (secondary N) is 2. The van der Waals surface area contributed by atoms with Crippen LogP contribution in [0.2, 0.25) is 0 Å². The average Bonchev–Trinajstić information content (AvgIpc) is 3.59. The number of para-hydroxylation sites is 1. The van der Waals surface area contributed by atoms with Gasteiger partial charge in [-0.3, -0.25) is 9.69 Å². The van der Waals surface area contributed by atoms with Gasteiger partial charge in [-0.05, 0) is 55.1 Å². The Bertz CT molecular complexity index is 1440. The van der Waals surface area contributed by atoms with Crippen LogP contribution in [-0.2, 0) is 22.5 Å². The van der Waals surface area contributed by atoms with E-state index in [9.17, 15) is 13.6 Å². The number of imidazole rings is 1. The van der Waals surface area contributed by atoms with Crippen LogP contribution in [0.25, 0.3) is 10.9 Å². The number of aryl methyl sites for hydroxylation is 1. The Morgan fingerprint density at radius 2 is 2.00 bits per heavy atom. The first-order chi connectivity index (χ1) is 18.5. The zero-order valence-corrected chi connectivity index (χ0v) is 21.2. The summed E-state index contributed by atoms with van der Waals surface area (Å²) in [6.07, 6.45) is 8.39. The molecule has 0 amide bonds. The van der Waals surface area contributed by atoms with Gasteiger partial charge in [0.05, 0.1) is 19.5 Å². The maximum Gasteiger partial charge on any atom is 0.323 e. The number of hydrogen-bond donors (Lipinski definition) is 2. The van der Waals surface area contributed by atoms with E-state index in [0.717, 1.165) is 48.1 Å². The first kappa shape index (κ1) is 24.8. The molecule has 1 unspecified atom stereocenters. The summed E-state index contributed by atoms with van der Waals surface area (Å²) in [4.78, 5) is 23.1. The highest BCUT2D eigenvalue weighted by Gasteiger charge is 2.48. The fourth-order valence-electron chi connectivity index (χ4n) is 6.34. The third-order valence-electron chi connectivity index (χ3n) is 8.06. The van der Waals surface area contributed by atoms with E-state index in [2.05, 4.69) is 26.3 Å². The maximum absolute atomic E-state index is 14.4. The number of piperidine rings is 1. The smallest absolute Gasteiger partial charge is 0.323 e. The highest BCUT2D eigenvalue weighted by atomic mass is 19.2. The number of methoxy groups -OCH3 is 1. The summed E-state index contributed by atoms with van der Waals surface area (Å²) in [6.45, 7) is 1.67. The van der Waals surface area contributed by atoms with Gasteiger partial charge in [-0.2, -0.15) is 0 Å². The minimum Gasteiger partial charge on any atom is -0.468 e. The van der Waals surface area contributed by atoms with Gasteiger partial charge in [-0.15, -0.1) is 0 Å². The van der Waals surface area contributed by atoms with Crippen LogP contribution in [0.4, 0.5) is 8.78 Å². The second-order valence-electron chi connectivity index (χ2n) is 10.2. The van der Waals surface area contributed by atoms with Gasteiger partial charge in [0, 0.05) is 54.0 Å². The van der Waals surface area contributed by atoms with Gasteiger partial charge in [-0.25, -0.2) is 13.8 Å². The fourth-order valence-corrected chi connectivity index (χ4v) is 6.34. The summed E-state index contributed by atoms with van der Waals surface area (Å²) in [5.41, 5.74) is 3.90. The van der Waals surface area contributed by atoms with Gasteiger partial charge in [-0.1, -0.05) is 24.3 Å². The molecule has 0 spiro atoms. The van der Waals surface area contributed by atoms with E-state index in [0.29, 0.717) is 18.4 Å². The number of aromatic nitrogens is 3.